The number of hydrogen-bond acceptors (Lipinski definition) is 5. The van der Waals surface area contributed by atoms with E-state index in [-0.39, 0.29) is 5.91 Å². The predicted molar refractivity (Wildman–Crippen MR) is 103 cm³/mol. The van der Waals surface area contributed by atoms with Crippen LogP contribution in [0.4, 0.5) is 11.4 Å². The van der Waals surface area contributed by atoms with E-state index in [0.29, 0.717) is 23.9 Å². The van der Waals surface area contributed by atoms with E-state index in [9.17, 15) is 4.79 Å². The monoisotopic (exact) mass is 359 g/mol. The number of carbonyl (C=O) groups excluding carboxylic acids is 1. The van der Waals surface area contributed by atoms with E-state index in [0.717, 1.165) is 40.2 Å². The van der Waals surface area contributed by atoms with Crippen LogP contribution in [-0.4, -0.2) is 34.0 Å². The molecule has 0 bridgehead atoms. The minimum atomic E-state index is -0.131. The van der Waals surface area contributed by atoms with Crippen molar-refractivity contribution in [3.8, 4) is 17.0 Å². The first-order valence-electron chi connectivity index (χ1n) is 8.74. The van der Waals surface area contributed by atoms with Gasteiger partial charge in [-0.15, -0.1) is 0 Å². The molecule has 4 heterocycles. The van der Waals surface area contributed by atoms with Crippen molar-refractivity contribution in [2.45, 2.75) is 6.92 Å². The van der Waals surface area contributed by atoms with Crippen LogP contribution in [0, 0.1) is 6.92 Å². The number of carbonyl (C=O) groups is 1. The van der Waals surface area contributed by atoms with Gasteiger partial charge in [-0.2, -0.15) is 0 Å². The Morgan fingerprint density at radius 3 is 3.00 bits per heavy atom. The van der Waals surface area contributed by atoms with Gasteiger partial charge in [-0.25, -0.2) is 9.97 Å². The molecule has 0 spiro atoms. The van der Waals surface area contributed by atoms with E-state index in [2.05, 4.69) is 25.6 Å². The molecule has 2 aliphatic heterocycles. The molecule has 3 aromatic rings. The molecule has 5 rings (SSSR count). The molecular formula is C20H17N5O2. The number of fused-ring (bicyclic) bond motifs is 2. The maximum absolute atomic E-state index is 12.4. The zero-order chi connectivity index (χ0) is 18.4. The smallest absolute Gasteiger partial charge is 0.256 e. The summed E-state index contributed by atoms with van der Waals surface area (Å²) in [5.41, 5.74) is 6.25. The number of benzene rings is 1. The standard InChI is InChI=1S/C20H17N5O2/c1-11-15(10-24-20-18(11)23-6-7-27-20)12-2-3-16-13(8-12)14(19(26)25-16)9-17-21-4-5-22-17/h2-5,8-10,23H,6-7H2,1H3,(H,21,22)(H,25,26)/b14-9-. The molecule has 2 aromatic heterocycles. The number of nitrogens with zero attached hydrogens (tertiary/aromatic N) is 2. The SMILES string of the molecule is Cc1c(-c2ccc3c(c2)/C(=C/c2ncc[nH]2)C(=O)N3)cnc2c1NCCO2. The van der Waals surface area contributed by atoms with Gasteiger partial charge in [0.15, 0.2) is 0 Å². The maximum Gasteiger partial charge on any atom is 0.256 e. The average molecular weight is 359 g/mol. The average Bonchev–Trinajstić information content (AvgIpc) is 3.31. The molecule has 7 heteroatoms. The fraction of sp³-hybridized carbons (Fsp3) is 0.150. The van der Waals surface area contributed by atoms with Gasteiger partial charge in [0.05, 0.1) is 5.57 Å². The summed E-state index contributed by atoms with van der Waals surface area (Å²) >= 11 is 0. The van der Waals surface area contributed by atoms with E-state index < -0.39 is 0 Å². The number of ether oxygens (including phenoxy) is 1. The van der Waals surface area contributed by atoms with Crippen LogP contribution < -0.4 is 15.4 Å². The van der Waals surface area contributed by atoms with Crippen LogP contribution in [0.2, 0.25) is 0 Å². The molecule has 3 N–H and O–H groups in total. The molecule has 0 saturated heterocycles. The Balaban J connectivity index is 1.61. The Morgan fingerprint density at radius 1 is 1.22 bits per heavy atom. The Morgan fingerprint density at radius 2 is 2.15 bits per heavy atom. The summed E-state index contributed by atoms with van der Waals surface area (Å²) in [6.45, 7) is 3.43. The lowest BCUT2D eigenvalue weighted by molar-refractivity contribution is -0.110. The number of anilines is 2. The van der Waals surface area contributed by atoms with Gasteiger partial charge in [-0.3, -0.25) is 4.79 Å². The van der Waals surface area contributed by atoms with Crippen LogP contribution in [0.25, 0.3) is 22.8 Å². The first-order valence-corrected chi connectivity index (χ1v) is 8.74. The van der Waals surface area contributed by atoms with Crippen molar-refractivity contribution in [2.24, 2.45) is 0 Å². The third-order valence-electron chi connectivity index (χ3n) is 4.86. The van der Waals surface area contributed by atoms with Gasteiger partial charge in [-0.05, 0) is 36.3 Å². The fourth-order valence-corrected chi connectivity index (χ4v) is 3.50. The first kappa shape index (κ1) is 15.6. The van der Waals surface area contributed by atoms with Gasteiger partial charge in [-0.1, -0.05) is 6.07 Å². The molecule has 7 nitrogen and oxygen atoms in total. The Bertz CT molecular complexity index is 1090. The number of H-pyrrole nitrogens is 1. The van der Waals surface area contributed by atoms with Crippen molar-refractivity contribution >= 4 is 28.9 Å². The molecule has 0 unspecified atom stereocenters. The van der Waals surface area contributed by atoms with Crippen LogP contribution in [0.5, 0.6) is 5.88 Å². The zero-order valence-corrected chi connectivity index (χ0v) is 14.7. The summed E-state index contributed by atoms with van der Waals surface area (Å²) in [5.74, 6) is 1.15. The molecule has 1 aromatic carbocycles. The summed E-state index contributed by atoms with van der Waals surface area (Å²) in [4.78, 5) is 24.0. The van der Waals surface area contributed by atoms with Crippen molar-refractivity contribution in [1.82, 2.24) is 15.0 Å². The highest BCUT2D eigenvalue weighted by Gasteiger charge is 2.25. The summed E-state index contributed by atoms with van der Waals surface area (Å²) in [6, 6.07) is 5.94. The second-order valence-electron chi connectivity index (χ2n) is 6.50. The van der Waals surface area contributed by atoms with Crippen molar-refractivity contribution in [3.63, 3.8) is 0 Å². The van der Waals surface area contributed by atoms with E-state index in [4.69, 9.17) is 4.74 Å². The predicted octanol–water partition coefficient (Wildman–Crippen LogP) is 3.08. The number of amides is 1. The van der Waals surface area contributed by atoms with Gasteiger partial charge < -0.3 is 20.4 Å². The number of rotatable bonds is 2. The van der Waals surface area contributed by atoms with Crippen molar-refractivity contribution in [1.29, 1.82) is 0 Å². The van der Waals surface area contributed by atoms with E-state index in [1.165, 1.54) is 0 Å². The summed E-state index contributed by atoms with van der Waals surface area (Å²) in [7, 11) is 0. The normalized spacial score (nSPS) is 16.3. The Labute approximate surface area is 155 Å². The third kappa shape index (κ3) is 2.55. The van der Waals surface area contributed by atoms with Gasteiger partial charge in [0.1, 0.15) is 18.1 Å². The van der Waals surface area contributed by atoms with Gasteiger partial charge in [0.25, 0.3) is 5.91 Å². The largest absolute Gasteiger partial charge is 0.474 e. The van der Waals surface area contributed by atoms with Gasteiger partial charge in [0.2, 0.25) is 5.88 Å². The van der Waals surface area contributed by atoms with Crippen LogP contribution in [0.3, 0.4) is 0 Å². The molecular weight excluding hydrogens is 342 g/mol. The minimum Gasteiger partial charge on any atom is -0.474 e. The summed E-state index contributed by atoms with van der Waals surface area (Å²) in [5, 5.41) is 6.27. The van der Waals surface area contributed by atoms with Crippen LogP contribution >= 0.6 is 0 Å². The van der Waals surface area contributed by atoms with Crippen LogP contribution in [-0.2, 0) is 4.79 Å². The van der Waals surface area contributed by atoms with E-state index in [1.54, 1.807) is 18.5 Å². The lowest BCUT2D eigenvalue weighted by Crippen LogP contribution is -2.20. The van der Waals surface area contributed by atoms with Gasteiger partial charge >= 0.3 is 0 Å². The van der Waals surface area contributed by atoms with Crippen LogP contribution in [0.15, 0.2) is 36.8 Å². The Hall–Kier alpha value is -3.61. The Kier molecular flexibility index (Phi) is 3.46. The molecule has 0 aliphatic carbocycles. The fourth-order valence-electron chi connectivity index (χ4n) is 3.50. The number of pyridine rings is 1. The number of nitrogens with one attached hydrogen (secondary N) is 3. The molecule has 0 saturated carbocycles. The van der Waals surface area contributed by atoms with E-state index >= 15 is 0 Å². The van der Waals surface area contributed by atoms with Crippen molar-refractivity contribution in [2.75, 3.05) is 23.8 Å². The molecule has 2 aliphatic rings. The zero-order valence-electron chi connectivity index (χ0n) is 14.7. The quantitative estimate of drug-likeness (QED) is 0.612. The second-order valence-corrected chi connectivity index (χ2v) is 6.50. The topological polar surface area (TPSA) is 91.9 Å². The van der Waals surface area contributed by atoms with Crippen molar-refractivity contribution in [3.05, 3.63) is 53.7 Å². The highest BCUT2D eigenvalue weighted by atomic mass is 16.5. The summed E-state index contributed by atoms with van der Waals surface area (Å²) in [6.07, 6.45) is 6.98. The number of aromatic amines is 1. The molecule has 0 atom stereocenters. The van der Waals surface area contributed by atoms with E-state index in [1.807, 2.05) is 31.3 Å². The molecule has 1 amide bonds. The minimum absolute atomic E-state index is 0.131. The second kappa shape index (κ2) is 5.98. The molecule has 134 valence electrons. The lowest BCUT2D eigenvalue weighted by atomic mass is 9.97. The molecule has 0 fully saturated rings. The highest BCUT2D eigenvalue weighted by Crippen LogP contribution is 2.39. The summed E-state index contributed by atoms with van der Waals surface area (Å²) < 4.78 is 5.61. The molecule has 27 heavy (non-hydrogen) atoms. The van der Waals surface area contributed by atoms with Crippen LogP contribution in [0.1, 0.15) is 17.0 Å². The highest BCUT2D eigenvalue weighted by molar-refractivity contribution is 6.35. The van der Waals surface area contributed by atoms with Crippen molar-refractivity contribution < 1.29 is 9.53 Å². The maximum atomic E-state index is 12.4. The number of hydrogen-bond donors (Lipinski definition) is 3. The number of aromatic nitrogens is 3. The third-order valence-corrected chi connectivity index (χ3v) is 4.86. The lowest BCUT2D eigenvalue weighted by Gasteiger charge is -2.21. The molecule has 0 radical (unpaired) electrons. The van der Waals surface area contributed by atoms with Gasteiger partial charge in [0, 0.05) is 41.9 Å². The first-order chi connectivity index (χ1) is 13.2. The number of imidazole rings is 1.